The van der Waals surface area contributed by atoms with Gasteiger partial charge in [-0.15, -0.1) is 0 Å². The maximum Gasteiger partial charge on any atom is 0.344 e. The van der Waals surface area contributed by atoms with Crippen LogP contribution in [0.5, 0.6) is 0 Å². The van der Waals surface area contributed by atoms with Crippen LogP contribution in [0, 0.1) is 0 Å². The van der Waals surface area contributed by atoms with E-state index >= 15 is 52.7 Å². The van der Waals surface area contributed by atoms with Gasteiger partial charge in [0.25, 0.3) is 5.60 Å². The largest absolute Gasteiger partial charge is 0.436 e. The lowest BCUT2D eigenvalue weighted by Crippen LogP contribution is -3.11. The van der Waals surface area contributed by atoms with E-state index in [9.17, 15) is 13.6 Å². The first kappa shape index (κ1) is 28.8. The molecule has 36 heavy (non-hydrogen) atoms. The van der Waals surface area contributed by atoms with Crippen molar-refractivity contribution >= 4 is 5.97 Å². The van der Waals surface area contributed by atoms with Crippen LogP contribution in [-0.2, 0) is 14.3 Å². The Morgan fingerprint density at radius 3 is 1.31 bits per heavy atom. The minimum absolute atomic E-state index is 0.401. The number of esters is 1. The van der Waals surface area contributed by atoms with Crippen LogP contribution >= 0.6 is 0 Å². The monoisotopic (exact) mass is 558 g/mol. The lowest BCUT2D eigenvalue weighted by atomic mass is 9.39. The number of carbonyl (C=O) groups is 1. The Morgan fingerprint density at radius 1 is 0.667 bits per heavy atom. The third-order valence-corrected chi connectivity index (χ3v) is 7.12. The Bertz CT molecular complexity index is 990. The normalized spacial score (nSPS) is 42.2. The number of carbonyl (C=O) groups excluding carboxylic acids is 1. The predicted octanol–water partition coefficient (Wildman–Crippen LogP) is 6.06. The predicted molar refractivity (Wildman–Crippen MR) is 89.2 cm³/mol. The molecule has 0 aliphatic heterocycles. The average Bonchev–Trinajstić information content (AvgIpc) is 2.69. The molecule has 4 fully saturated rings. The van der Waals surface area contributed by atoms with E-state index < -0.39 is 81.6 Å². The van der Waals surface area contributed by atoms with E-state index in [0.717, 1.165) is 6.92 Å². The molecule has 0 N–H and O–H groups in total. The van der Waals surface area contributed by atoms with Crippen molar-refractivity contribution in [1.82, 2.24) is 0 Å². The summed E-state index contributed by atoms with van der Waals surface area (Å²) in [5.74, 6) is -48.2. The van der Waals surface area contributed by atoms with Crippen molar-refractivity contribution in [3.63, 3.8) is 0 Å². The Balaban J connectivity index is 2.73. The topological polar surface area (TPSA) is 35.5 Å². The van der Waals surface area contributed by atoms with Crippen LogP contribution in [0.15, 0.2) is 12.2 Å². The Morgan fingerprint density at radius 2 is 1.00 bits per heavy atom. The van der Waals surface area contributed by atoms with Crippen LogP contribution in [0.2, 0.25) is 0 Å². The van der Waals surface area contributed by atoms with Gasteiger partial charge >= 0.3 is 58.4 Å². The van der Waals surface area contributed by atoms with Crippen molar-refractivity contribution in [2.24, 2.45) is 0 Å². The maximum atomic E-state index is 15.8. The van der Waals surface area contributed by atoms with Gasteiger partial charge < -0.3 is 9.47 Å². The third-order valence-electron chi connectivity index (χ3n) is 7.12. The molecule has 4 saturated carbocycles. The first-order valence-corrected chi connectivity index (χ1v) is 9.83. The third kappa shape index (κ3) is 2.03. The molecule has 208 valence electrons. The molecule has 0 radical (unpaired) electrons. The van der Waals surface area contributed by atoms with Crippen LogP contribution < -0.4 is 0 Å². The maximum absolute atomic E-state index is 15.8. The zero-order chi connectivity index (χ0) is 28.8. The summed E-state index contributed by atoms with van der Waals surface area (Å²) in [4.78, 5) is 11.9. The summed E-state index contributed by atoms with van der Waals surface area (Å²) < 4.78 is 221. The average molecular weight is 558 g/mol. The van der Waals surface area contributed by atoms with Crippen LogP contribution in [-0.4, -0.2) is 69.6 Å². The Labute approximate surface area is 192 Å². The number of ether oxygens (including phenoxy) is 2. The Kier molecular flexibility index (Phi) is 5.13. The minimum atomic E-state index is -7.78. The molecule has 0 amide bonds. The molecule has 0 aromatic heterocycles. The molecule has 0 heterocycles. The number of hydrogen-bond acceptors (Lipinski definition) is 3. The van der Waals surface area contributed by atoms with E-state index in [1.54, 1.807) is 0 Å². The highest BCUT2D eigenvalue weighted by atomic mass is 19.3. The lowest BCUT2D eigenvalue weighted by molar-refractivity contribution is -0.629. The highest BCUT2D eigenvalue weighted by Gasteiger charge is 3.24. The molecule has 0 aromatic carbocycles. The van der Waals surface area contributed by atoms with Gasteiger partial charge in [0.15, 0.2) is 0 Å². The van der Waals surface area contributed by atoms with Crippen molar-refractivity contribution < 1.29 is 75.7 Å². The lowest BCUT2D eigenvalue weighted by Gasteiger charge is -2.76. The Hall–Kier alpha value is -1.81. The molecule has 4 rings (SSSR count). The van der Waals surface area contributed by atoms with Crippen molar-refractivity contribution in [3.05, 3.63) is 12.2 Å². The first-order chi connectivity index (χ1) is 15.6. The molecule has 17 heteroatoms. The van der Waals surface area contributed by atoms with E-state index in [0.29, 0.717) is 20.8 Å². The summed E-state index contributed by atoms with van der Waals surface area (Å²) in [5, 5.41) is 0. The van der Waals surface area contributed by atoms with Crippen LogP contribution in [0.3, 0.4) is 0 Å². The van der Waals surface area contributed by atoms with Crippen LogP contribution in [0.1, 0.15) is 34.1 Å². The van der Waals surface area contributed by atoms with Crippen molar-refractivity contribution in [2.45, 2.75) is 97.8 Å². The van der Waals surface area contributed by atoms with Gasteiger partial charge in [-0.05, 0) is 27.2 Å². The standard InChI is InChI=1S/C19H16F14O3/c1-6-9(4,5)36-13-17(28,29)10(20)14(22,23)11(21,18(13,30)31)16(26,27)12(15(10,24)25,19(13,32)33)35-8(34)7(2)3/h2,6H2,1,3-5H3. The van der Waals surface area contributed by atoms with Gasteiger partial charge in [-0.1, -0.05) is 13.5 Å². The summed E-state index contributed by atoms with van der Waals surface area (Å²) in [6.07, 6.45) is -0.905. The van der Waals surface area contributed by atoms with Gasteiger partial charge in [-0.25, -0.2) is 13.6 Å². The minimum Gasteiger partial charge on any atom is -0.436 e. The van der Waals surface area contributed by atoms with E-state index in [1.807, 2.05) is 0 Å². The molecule has 4 aliphatic rings. The molecule has 2 atom stereocenters. The van der Waals surface area contributed by atoms with Gasteiger partial charge in [0.1, 0.15) is 0 Å². The molecule has 0 spiro atoms. The van der Waals surface area contributed by atoms with E-state index in [1.165, 1.54) is 0 Å². The van der Waals surface area contributed by atoms with Crippen molar-refractivity contribution in [1.29, 1.82) is 0 Å². The first-order valence-electron chi connectivity index (χ1n) is 9.83. The van der Waals surface area contributed by atoms with Gasteiger partial charge in [-0.3, -0.25) is 0 Å². The number of hydrogen-bond donors (Lipinski definition) is 0. The molecule has 0 aromatic rings. The molecule has 2 unspecified atom stereocenters. The fourth-order valence-corrected chi connectivity index (χ4v) is 4.92. The van der Waals surface area contributed by atoms with Gasteiger partial charge in [0.2, 0.25) is 0 Å². The van der Waals surface area contributed by atoms with E-state index in [-0.39, 0.29) is 0 Å². The highest BCUT2D eigenvalue weighted by Crippen LogP contribution is 2.89. The van der Waals surface area contributed by atoms with Gasteiger partial charge in [0, 0.05) is 5.57 Å². The second-order valence-corrected chi connectivity index (χ2v) is 9.51. The van der Waals surface area contributed by atoms with Crippen molar-refractivity contribution in [3.8, 4) is 0 Å². The molecular weight excluding hydrogens is 542 g/mol. The quantitative estimate of drug-likeness (QED) is 0.234. The molecule has 0 saturated heterocycles. The second kappa shape index (κ2) is 6.42. The zero-order valence-electron chi connectivity index (χ0n) is 18.4. The zero-order valence-corrected chi connectivity index (χ0v) is 18.4. The molecular formula is C19H16F14O3. The van der Waals surface area contributed by atoms with E-state index in [4.69, 9.17) is 0 Å². The fourth-order valence-electron chi connectivity index (χ4n) is 4.92. The van der Waals surface area contributed by atoms with Crippen LogP contribution in [0.25, 0.3) is 0 Å². The number of rotatable bonds is 5. The molecule has 4 aliphatic carbocycles. The summed E-state index contributed by atoms with van der Waals surface area (Å²) in [6, 6.07) is 0. The van der Waals surface area contributed by atoms with Crippen molar-refractivity contribution in [2.75, 3.05) is 0 Å². The molecule has 4 bridgehead atoms. The summed E-state index contributed by atoms with van der Waals surface area (Å²) in [6.45, 7) is 4.73. The highest BCUT2D eigenvalue weighted by molar-refractivity contribution is 5.88. The number of halogens is 14. The SMILES string of the molecule is C=C(C)C(=O)OC12C(F)(F)C3(F)C(F)(F)C(F)(C1(F)F)C(F)(F)C(OC(C)(C)CC)(C3(F)F)C2(F)F. The van der Waals surface area contributed by atoms with Crippen LogP contribution in [0.4, 0.5) is 61.5 Å². The number of alkyl halides is 14. The van der Waals surface area contributed by atoms with Gasteiger partial charge in [0.05, 0.1) is 5.60 Å². The summed E-state index contributed by atoms with van der Waals surface area (Å²) in [7, 11) is 0. The summed E-state index contributed by atoms with van der Waals surface area (Å²) in [5.41, 5.74) is -33.1. The fraction of sp³-hybridized carbons (Fsp3) is 0.842. The van der Waals surface area contributed by atoms with Gasteiger partial charge in [-0.2, -0.15) is 52.7 Å². The summed E-state index contributed by atoms with van der Waals surface area (Å²) >= 11 is 0. The molecule has 3 nitrogen and oxygen atoms in total. The smallest absolute Gasteiger partial charge is 0.344 e. The van der Waals surface area contributed by atoms with E-state index in [2.05, 4.69) is 16.1 Å². The second-order valence-electron chi connectivity index (χ2n) is 9.51.